The number of thiazole rings is 1. The fourth-order valence-corrected chi connectivity index (χ4v) is 2.25. The maximum Gasteiger partial charge on any atom is 0.416 e. The van der Waals surface area contributed by atoms with Crippen LogP contribution in [0.25, 0.3) is 0 Å². The number of nitrogens with two attached hydrogens (primary N) is 1. The van der Waals surface area contributed by atoms with Crippen LogP contribution in [0.2, 0.25) is 0 Å². The van der Waals surface area contributed by atoms with Crippen molar-refractivity contribution in [3.05, 3.63) is 52.0 Å². The van der Waals surface area contributed by atoms with Gasteiger partial charge in [0.2, 0.25) is 0 Å². The molecule has 0 spiro atoms. The molecule has 6 heteroatoms. The van der Waals surface area contributed by atoms with Crippen molar-refractivity contribution in [2.45, 2.75) is 18.6 Å². The minimum Gasteiger partial charge on any atom is -0.324 e. The third kappa shape index (κ3) is 3.08. The van der Waals surface area contributed by atoms with Gasteiger partial charge in [-0.25, -0.2) is 0 Å². The van der Waals surface area contributed by atoms with Gasteiger partial charge >= 0.3 is 6.18 Å². The average molecular weight is 272 g/mol. The van der Waals surface area contributed by atoms with Crippen LogP contribution in [-0.2, 0) is 12.6 Å². The molecule has 1 atom stereocenters. The van der Waals surface area contributed by atoms with E-state index in [1.54, 1.807) is 11.7 Å². The SMILES string of the molecule is NC(Cc1cncs1)c1ccc(C(F)(F)F)cc1. The first-order valence-corrected chi connectivity index (χ1v) is 6.15. The number of halogens is 3. The molecule has 0 aliphatic rings. The summed E-state index contributed by atoms with van der Waals surface area (Å²) in [6.07, 6.45) is -2.01. The zero-order chi connectivity index (χ0) is 13.2. The van der Waals surface area contributed by atoms with Crippen molar-refractivity contribution < 1.29 is 13.2 Å². The maximum absolute atomic E-state index is 12.4. The van der Waals surface area contributed by atoms with Gasteiger partial charge in [-0.3, -0.25) is 4.98 Å². The summed E-state index contributed by atoms with van der Waals surface area (Å²) in [6.45, 7) is 0. The van der Waals surface area contributed by atoms with Crippen molar-refractivity contribution in [1.29, 1.82) is 0 Å². The van der Waals surface area contributed by atoms with Crippen LogP contribution in [0.1, 0.15) is 22.0 Å². The van der Waals surface area contributed by atoms with Crippen LogP contribution in [0, 0.1) is 0 Å². The zero-order valence-electron chi connectivity index (χ0n) is 9.32. The molecule has 2 nitrogen and oxygen atoms in total. The number of benzene rings is 1. The molecule has 1 unspecified atom stereocenters. The number of hydrogen-bond acceptors (Lipinski definition) is 3. The first kappa shape index (κ1) is 13.0. The Bertz CT molecular complexity index is 491. The average Bonchev–Trinajstić information content (AvgIpc) is 2.81. The largest absolute Gasteiger partial charge is 0.416 e. The molecule has 2 rings (SSSR count). The fraction of sp³-hybridized carbons (Fsp3) is 0.250. The molecule has 0 aliphatic heterocycles. The van der Waals surface area contributed by atoms with Crippen molar-refractivity contribution in [3.63, 3.8) is 0 Å². The number of hydrogen-bond donors (Lipinski definition) is 1. The lowest BCUT2D eigenvalue weighted by molar-refractivity contribution is -0.137. The summed E-state index contributed by atoms with van der Waals surface area (Å²) in [6, 6.07) is 4.65. The van der Waals surface area contributed by atoms with E-state index in [0.717, 1.165) is 17.0 Å². The summed E-state index contributed by atoms with van der Waals surface area (Å²) in [4.78, 5) is 4.95. The van der Waals surface area contributed by atoms with E-state index < -0.39 is 11.7 Å². The van der Waals surface area contributed by atoms with Gasteiger partial charge in [0.05, 0.1) is 11.1 Å². The summed E-state index contributed by atoms with van der Waals surface area (Å²) < 4.78 is 37.2. The predicted molar refractivity (Wildman–Crippen MR) is 64.2 cm³/mol. The van der Waals surface area contributed by atoms with Crippen LogP contribution in [0.3, 0.4) is 0 Å². The summed E-state index contributed by atoms with van der Waals surface area (Å²) in [5.74, 6) is 0. The van der Waals surface area contributed by atoms with Gasteiger partial charge in [-0.2, -0.15) is 13.2 Å². The van der Waals surface area contributed by atoms with Gasteiger partial charge in [-0.15, -0.1) is 11.3 Å². The van der Waals surface area contributed by atoms with Gasteiger partial charge in [0, 0.05) is 23.5 Å². The molecular weight excluding hydrogens is 261 g/mol. The minimum absolute atomic E-state index is 0.312. The van der Waals surface area contributed by atoms with E-state index in [2.05, 4.69) is 4.98 Å². The Kier molecular flexibility index (Phi) is 3.68. The lowest BCUT2D eigenvalue weighted by Crippen LogP contribution is -2.13. The second-order valence-corrected chi connectivity index (χ2v) is 4.87. The molecule has 2 N–H and O–H groups in total. The van der Waals surface area contributed by atoms with Crippen molar-refractivity contribution in [2.24, 2.45) is 5.73 Å². The first-order valence-electron chi connectivity index (χ1n) is 5.27. The predicted octanol–water partition coefficient (Wildman–Crippen LogP) is 3.40. The highest BCUT2D eigenvalue weighted by atomic mass is 32.1. The molecule has 1 heterocycles. The fourth-order valence-electron chi connectivity index (χ4n) is 1.60. The molecule has 2 aromatic rings. The standard InChI is InChI=1S/C12H11F3N2S/c13-12(14,15)9-3-1-8(2-4-9)11(16)5-10-6-17-7-18-10/h1-4,6-7,11H,5,16H2. The van der Waals surface area contributed by atoms with E-state index in [1.807, 2.05) is 0 Å². The quantitative estimate of drug-likeness (QED) is 0.930. The van der Waals surface area contributed by atoms with Gasteiger partial charge in [0.15, 0.2) is 0 Å². The van der Waals surface area contributed by atoms with Gasteiger partial charge in [-0.1, -0.05) is 12.1 Å². The summed E-state index contributed by atoms with van der Waals surface area (Å²) >= 11 is 1.48. The zero-order valence-corrected chi connectivity index (χ0v) is 10.1. The molecule has 0 fully saturated rings. The molecule has 0 bridgehead atoms. The third-order valence-corrected chi connectivity index (χ3v) is 3.37. The van der Waals surface area contributed by atoms with Gasteiger partial charge < -0.3 is 5.73 Å². The molecule has 0 saturated carbocycles. The van der Waals surface area contributed by atoms with E-state index in [9.17, 15) is 13.2 Å². The van der Waals surface area contributed by atoms with Crippen molar-refractivity contribution in [1.82, 2.24) is 4.98 Å². The van der Waals surface area contributed by atoms with Crippen LogP contribution in [0.15, 0.2) is 36.0 Å². The molecule has 0 saturated heterocycles. The highest BCUT2D eigenvalue weighted by molar-refractivity contribution is 7.09. The Balaban J connectivity index is 2.10. The lowest BCUT2D eigenvalue weighted by atomic mass is 10.0. The Morgan fingerprint density at radius 3 is 2.39 bits per heavy atom. The van der Waals surface area contributed by atoms with Crippen LogP contribution >= 0.6 is 11.3 Å². The Labute approximate surface area is 106 Å². The monoisotopic (exact) mass is 272 g/mol. The first-order chi connectivity index (χ1) is 8.47. The van der Waals surface area contributed by atoms with Crippen LogP contribution in [0.5, 0.6) is 0 Å². The molecular formula is C12H11F3N2S. The van der Waals surface area contributed by atoms with Gasteiger partial charge in [0.25, 0.3) is 0 Å². The van der Waals surface area contributed by atoms with Crippen LogP contribution in [-0.4, -0.2) is 4.98 Å². The topological polar surface area (TPSA) is 38.9 Å². The highest BCUT2D eigenvalue weighted by Crippen LogP contribution is 2.30. The van der Waals surface area contributed by atoms with Crippen LogP contribution in [0.4, 0.5) is 13.2 Å². The normalized spacial score (nSPS) is 13.6. The Morgan fingerprint density at radius 1 is 1.22 bits per heavy atom. The van der Waals surface area contributed by atoms with Crippen molar-refractivity contribution >= 4 is 11.3 Å². The molecule has 18 heavy (non-hydrogen) atoms. The second kappa shape index (κ2) is 5.07. The summed E-state index contributed by atoms with van der Waals surface area (Å²) in [5, 5.41) is 0. The lowest BCUT2D eigenvalue weighted by Gasteiger charge is -2.12. The van der Waals surface area contributed by atoms with E-state index in [-0.39, 0.29) is 6.04 Å². The van der Waals surface area contributed by atoms with Crippen molar-refractivity contribution in [2.75, 3.05) is 0 Å². The minimum atomic E-state index is -4.31. The molecule has 96 valence electrons. The second-order valence-electron chi connectivity index (χ2n) is 3.90. The molecule has 1 aromatic heterocycles. The van der Waals surface area contributed by atoms with Crippen molar-refractivity contribution in [3.8, 4) is 0 Å². The van der Waals surface area contributed by atoms with Crippen LogP contribution < -0.4 is 5.73 Å². The number of alkyl halides is 3. The number of aromatic nitrogens is 1. The van der Waals surface area contributed by atoms with E-state index >= 15 is 0 Å². The van der Waals surface area contributed by atoms with Gasteiger partial charge in [0.1, 0.15) is 0 Å². The third-order valence-electron chi connectivity index (χ3n) is 2.57. The van der Waals surface area contributed by atoms with Gasteiger partial charge in [-0.05, 0) is 17.7 Å². The molecule has 1 aromatic carbocycles. The summed E-state index contributed by atoms with van der Waals surface area (Å²) in [5.41, 5.74) is 7.68. The van der Waals surface area contributed by atoms with E-state index in [4.69, 9.17) is 5.73 Å². The summed E-state index contributed by atoms with van der Waals surface area (Å²) in [7, 11) is 0. The van der Waals surface area contributed by atoms with E-state index in [0.29, 0.717) is 12.0 Å². The highest BCUT2D eigenvalue weighted by Gasteiger charge is 2.30. The Morgan fingerprint density at radius 2 is 1.89 bits per heavy atom. The maximum atomic E-state index is 12.4. The molecule has 0 aliphatic carbocycles. The molecule has 0 radical (unpaired) electrons. The Hall–Kier alpha value is -1.40. The van der Waals surface area contributed by atoms with E-state index in [1.165, 1.54) is 23.5 Å². The number of rotatable bonds is 3. The molecule has 0 amide bonds. The smallest absolute Gasteiger partial charge is 0.324 e. The number of nitrogens with zero attached hydrogens (tertiary/aromatic N) is 1.